The SMILES string of the molecule is C/C=C/c1ccc(OCC(=O)NCC(=O)Nc2c(C)nn(C)c2C)c(OC)c1. The van der Waals surface area contributed by atoms with Gasteiger partial charge in [0.1, 0.15) is 0 Å². The highest BCUT2D eigenvalue weighted by molar-refractivity contribution is 5.95. The van der Waals surface area contributed by atoms with Crippen LogP contribution in [0.25, 0.3) is 6.08 Å². The van der Waals surface area contributed by atoms with Gasteiger partial charge in [-0.25, -0.2) is 0 Å². The fourth-order valence-corrected chi connectivity index (χ4v) is 2.61. The molecule has 8 nitrogen and oxygen atoms in total. The lowest BCUT2D eigenvalue weighted by molar-refractivity contribution is -0.125. The summed E-state index contributed by atoms with van der Waals surface area (Å²) in [6, 6.07) is 5.42. The first-order chi connectivity index (χ1) is 13.3. The first-order valence-electron chi connectivity index (χ1n) is 8.86. The Morgan fingerprint density at radius 2 is 1.96 bits per heavy atom. The smallest absolute Gasteiger partial charge is 0.258 e. The molecule has 2 N–H and O–H groups in total. The number of anilines is 1. The van der Waals surface area contributed by atoms with Crippen molar-refractivity contribution in [3.63, 3.8) is 0 Å². The third kappa shape index (κ3) is 5.35. The first kappa shape index (κ1) is 21.0. The normalized spacial score (nSPS) is 10.8. The van der Waals surface area contributed by atoms with E-state index in [0.29, 0.717) is 17.2 Å². The summed E-state index contributed by atoms with van der Waals surface area (Å²) < 4.78 is 12.5. The quantitative estimate of drug-likeness (QED) is 0.725. The van der Waals surface area contributed by atoms with Gasteiger partial charge < -0.3 is 20.1 Å². The number of allylic oxidation sites excluding steroid dienone is 1. The molecule has 0 radical (unpaired) electrons. The van der Waals surface area contributed by atoms with Crippen LogP contribution >= 0.6 is 0 Å². The molecule has 0 aliphatic heterocycles. The second-order valence-corrected chi connectivity index (χ2v) is 6.19. The molecule has 150 valence electrons. The van der Waals surface area contributed by atoms with Gasteiger partial charge in [-0.05, 0) is 38.5 Å². The monoisotopic (exact) mass is 386 g/mol. The maximum Gasteiger partial charge on any atom is 0.258 e. The van der Waals surface area contributed by atoms with Crippen molar-refractivity contribution in [1.29, 1.82) is 0 Å². The van der Waals surface area contributed by atoms with Gasteiger partial charge in [-0.15, -0.1) is 0 Å². The van der Waals surface area contributed by atoms with Crippen LogP contribution in [0.1, 0.15) is 23.9 Å². The molecular formula is C20H26N4O4. The summed E-state index contributed by atoms with van der Waals surface area (Å²) in [5.41, 5.74) is 3.18. The summed E-state index contributed by atoms with van der Waals surface area (Å²) in [6.07, 6.45) is 3.85. The number of amides is 2. The molecule has 1 aromatic carbocycles. The van der Waals surface area contributed by atoms with Crippen LogP contribution in [0.15, 0.2) is 24.3 Å². The molecule has 1 aromatic heterocycles. The number of carbonyl (C=O) groups is 2. The molecule has 0 atom stereocenters. The Hall–Kier alpha value is -3.29. The van der Waals surface area contributed by atoms with E-state index in [0.717, 1.165) is 17.0 Å². The molecule has 0 spiro atoms. The lowest BCUT2D eigenvalue weighted by atomic mass is 10.2. The van der Waals surface area contributed by atoms with Gasteiger partial charge in [0, 0.05) is 7.05 Å². The highest BCUT2D eigenvalue weighted by Crippen LogP contribution is 2.28. The summed E-state index contributed by atoms with van der Waals surface area (Å²) in [5, 5.41) is 9.53. The number of carbonyl (C=O) groups excluding carboxylic acids is 2. The molecule has 0 fully saturated rings. The minimum Gasteiger partial charge on any atom is -0.493 e. The van der Waals surface area contributed by atoms with E-state index in [1.54, 1.807) is 17.8 Å². The number of hydrogen-bond donors (Lipinski definition) is 2. The van der Waals surface area contributed by atoms with Crippen molar-refractivity contribution < 1.29 is 19.1 Å². The van der Waals surface area contributed by atoms with Crippen LogP contribution in [-0.2, 0) is 16.6 Å². The van der Waals surface area contributed by atoms with E-state index in [-0.39, 0.29) is 19.1 Å². The van der Waals surface area contributed by atoms with E-state index in [4.69, 9.17) is 9.47 Å². The number of methoxy groups -OCH3 is 1. The summed E-state index contributed by atoms with van der Waals surface area (Å²) in [7, 11) is 3.34. The molecule has 28 heavy (non-hydrogen) atoms. The number of hydrogen-bond acceptors (Lipinski definition) is 5. The summed E-state index contributed by atoms with van der Waals surface area (Å²) >= 11 is 0. The van der Waals surface area contributed by atoms with Crippen LogP contribution in [0, 0.1) is 13.8 Å². The van der Waals surface area contributed by atoms with Crippen molar-refractivity contribution in [3.05, 3.63) is 41.2 Å². The largest absolute Gasteiger partial charge is 0.493 e. The van der Waals surface area contributed by atoms with Crippen molar-refractivity contribution >= 4 is 23.6 Å². The molecule has 8 heteroatoms. The topological polar surface area (TPSA) is 94.5 Å². The summed E-state index contributed by atoms with van der Waals surface area (Å²) in [6.45, 7) is 5.21. The van der Waals surface area contributed by atoms with E-state index >= 15 is 0 Å². The zero-order valence-corrected chi connectivity index (χ0v) is 16.8. The van der Waals surface area contributed by atoms with Gasteiger partial charge in [-0.2, -0.15) is 5.10 Å². The van der Waals surface area contributed by atoms with Gasteiger partial charge in [-0.3, -0.25) is 14.3 Å². The zero-order chi connectivity index (χ0) is 20.7. The van der Waals surface area contributed by atoms with Crippen LogP contribution in [0.2, 0.25) is 0 Å². The number of nitrogens with one attached hydrogen (secondary N) is 2. The molecule has 2 rings (SSSR count). The molecule has 0 aliphatic carbocycles. The molecule has 0 bridgehead atoms. The molecular weight excluding hydrogens is 360 g/mol. The lowest BCUT2D eigenvalue weighted by Crippen LogP contribution is -2.36. The van der Waals surface area contributed by atoms with Crippen molar-refractivity contribution in [2.24, 2.45) is 7.05 Å². The van der Waals surface area contributed by atoms with E-state index in [1.165, 1.54) is 7.11 Å². The molecule has 1 heterocycles. The minimum atomic E-state index is -0.408. The maximum atomic E-state index is 12.1. The van der Waals surface area contributed by atoms with Crippen LogP contribution in [0.4, 0.5) is 5.69 Å². The number of benzene rings is 1. The Kier molecular flexibility index (Phi) is 7.20. The van der Waals surface area contributed by atoms with Gasteiger partial charge in [0.05, 0.1) is 30.7 Å². The molecule has 0 aliphatic rings. The predicted molar refractivity (Wildman–Crippen MR) is 108 cm³/mol. The average Bonchev–Trinajstić information content (AvgIpc) is 2.91. The average molecular weight is 386 g/mol. The highest BCUT2D eigenvalue weighted by atomic mass is 16.5. The Morgan fingerprint density at radius 1 is 1.21 bits per heavy atom. The highest BCUT2D eigenvalue weighted by Gasteiger charge is 2.14. The fraction of sp³-hybridized carbons (Fsp3) is 0.350. The standard InChI is InChI=1S/C20H26N4O4/c1-6-7-15-8-9-16(17(10-15)27-5)28-12-19(26)21-11-18(25)22-20-13(2)23-24(4)14(20)3/h6-10H,11-12H2,1-5H3,(H,21,26)(H,22,25)/b7-6+. The number of aryl methyl sites for hydroxylation is 2. The molecule has 0 unspecified atom stereocenters. The number of rotatable bonds is 8. The van der Waals surface area contributed by atoms with Crippen molar-refractivity contribution in [3.8, 4) is 11.5 Å². The molecule has 2 aromatic rings. The third-order valence-electron chi connectivity index (χ3n) is 4.13. The Bertz CT molecular complexity index is 887. The van der Waals surface area contributed by atoms with Crippen molar-refractivity contribution in [2.75, 3.05) is 25.6 Å². The van der Waals surface area contributed by atoms with Gasteiger partial charge in [0.25, 0.3) is 5.91 Å². The second-order valence-electron chi connectivity index (χ2n) is 6.19. The molecule has 0 saturated heterocycles. The van der Waals surface area contributed by atoms with E-state index in [2.05, 4.69) is 15.7 Å². The zero-order valence-electron chi connectivity index (χ0n) is 16.8. The van der Waals surface area contributed by atoms with Crippen molar-refractivity contribution in [2.45, 2.75) is 20.8 Å². The second kappa shape index (κ2) is 9.59. The van der Waals surface area contributed by atoms with Crippen molar-refractivity contribution in [1.82, 2.24) is 15.1 Å². The predicted octanol–water partition coefficient (Wildman–Crippen LogP) is 2.21. The summed E-state index contributed by atoms with van der Waals surface area (Å²) in [4.78, 5) is 24.1. The van der Waals surface area contributed by atoms with Crippen LogP contribution < -0.4 is 20.1 Å². The van der Waals surface area contributed by atoms with Gasteiger partial charge in [-0.1, -0.05) is 18.2 Å². The summed E-state index contributed by atoms with van der Waals surface area (Å²) in [5.74, 6) is 0.246. The Labute approximate surface area is 164 Å². The van der Waals surface area contributed by atoms with Gasteiger partial charge >= 0.3 is 0 Å². The maximum absolute atomic E-state index is 12.1. The molecule has 2 amide bonds. The van der Waals surface area contributed by atoms with E-state index in [9.17, 15) is 9.59 Å². The Morgan fingerprint density at radius 3 is 2.57 bits per heavy atom. The van der Waals surface area contributed by atoms with Crippen LogP contribution in [-0.4, -0.2) is 41.9 Å². The van der Waals surface area contributed by atoms with Gasteiger partial charge in [0.2, 0.25) is 5.91 Å². The lowest BCUT2D eigenvalue weighted by Gasteiger charge is -2.12. The van der Waals surface area contributed by atoms with E-state index in [1.807, 2.05) is 45.1 Å². The number of ether oxygens (including phenoxy) is 2. The Balaban J connectivity index is 1.85. The first-order valence-corrected chi connectivity index (χ1v) is 8.86. The van der Waals surface area contributed by atoms with E-state index < -0.39 is 5.91 Å². The number of aromatic nitrogens is 2. The fourth-order valence-electron chi connectivity index (χ4n) is 2.61. The van der Waals surface area contributed by atoms with Crippen LogP contribution in [0.5, 0.6) is 11.5 Å². The minimum absolute atomic E-state index is 0.159. The van der Waals surface area contributed by atoms with Crippen LogP contribution in [0.3, 0.4) is 0 Å². The number of nitrogens with zero attached hydrogens (tertiary/aromatic N) is 2. The third-order valence-corrected chi connectivity index (χ3v) is 4.13. The van der Waals surface area contributed by atoms with Gasteiger partial charge in [0.15, 0.2) is 18.1 Å². The molecule has 0 saturated carbocycles.